The van der Waals surface area contributed by atoms with Crippen molar-refractivity contribution in [3.05, 3.63) is 70.3 Å². The molecule has 5 nitrogen and oxygen atoms in total. The Kier molecular flexibility index (Phi) is 5.76. The zero-order valence-electron chi connectivity index (χ0n) is 14.0. The molecule has 0 aliphatic rings. The first-order chi connectivity index (χ1) is 13.2. The molecule has 0 amide bonds. The van der Waals surface area contributed by atoms with E-state index in [9.17, 15) is 22.4 Å². The van der Waals surface area contributed by atoms with E-state index in [2.05, 4.69) is 14.7 Å². The molecule has 0 atom stereocenters. The van der Waals surface area contributed by atoms with Crippen molar-refractivity contribution in [1.29, 1.82) is 0 Å². The van der Waals surface area contributed by atoms with Crippen LogP contribution in [0.4, 0.5) is 17.6 Å². The predicted molar refractivity (Wildman–Crippen MR) is 90.1 cm³/mol. The number of aromatic nitrogens is 2. The van der Waals surface area contributed by atoms with E-state index in [0.29, 0.717) is 5.02 Å². The van der Waals surface area contributed by atoms with Crippen molar-refractivity contribution in [2.24, 2.45) is 0 Å². The van der Waals surface area contributed by atoms with Crippen LogP contribution in [0.2, 0.25) is 5.02 Å². The fourth-order valence-corrected chi connectivity index (χ4v) is 2.38. The van der Waals surface area contributed by atoms with Gasteiger partial charge in [0.1, 0.15) is 12.4 Å². The molecule has 0 radical (unpaired) electrons. The highest BCUT2D eigenvalue weighted by Crippen LogP contribution is 2.29. The quantitative estimate of drug-likeness (QED) is 0.422. The fraction of sp³-hybridized carbons (Fsp3) is 0.167. The van der Waals surface area contributed by atoms with Gasteiger partial charge in [0.15, 0.2) is 5.78 Å². The molecule has 1 heterocycles. The number of nitrogens with zero attached hydrogens (tertiary/aromatic N) is 2. The highest BCUT2D eigenvalue weighted by Gasteiger charge is 2.38. The van der Waals surface area contributed by atoms with E-state index >= 15 is 0 Å². The number of carbonyl (C=O) groups is 1. The van der Waals surface area contributed by atoms with Crippen molar-refractivity contribution >= 4 is 17.4 Å². The molecule has 3 aromatic rings. The number of ether oxygens (including phenoxy) is 1. The van der Waals surface area contributed by atoms with E-state index < -0.39 is 29.5 Å². The van der Waals surface area contributed by atoms with Gasteiger partial charge in [0, 0.05) is 10.6 Å². The molecule has 1 aromatic heterocycles. The van der Waals surface area contributed by atoms with Gasteiger partial charge in [0.2, 0.25) is 5.82 Å². The van der Waals surface area contributed by atoms with E-state index in [4.69, 9.17) is 16.3 Å². The van der Waals surface area contributed by atoms with Crippen LogP contribution in [0.1, 0.15) is 21.8 Å². The summed E-state index contributed by atoms with van der Waals surface area (Å²) in [5.74, 6) is -3.54. The number of ketones is 1. The maximum absolute atomic E-state index is 14.2. The molecule has 0 N–H and O–H groups in total. The number of hydrogen-bond donors (Lipinski definition) is 0. The molecule has 0 saturated carbocycles. The molecule has 0 fully saturated rings. The molecular weight excluding hydrogens is 404 g/mol. The summed E-state index contributed by atoms with van der Waals surface area (Å²) in [5, 5.41) is 3.73. The van der Waals surface area contributed by atoms with E-state index in [-0.39, 0.29) is 24.3 Å². The van der Waals surface area contributed by atoms with Crippen molar-refractivity contribution in [3.63, 3.8) is 0 Å². The molecule has 10 heteroatoms. The van der Waals surface area contributed by atoms with Crippen LogP contribution in [-0.4, -0.2) is 22.5 Å². The Morgan fingerprint density at radius 3 is 2.46 bits per heavy atom. The van der Waals surface area contributed by atoms with Crippen LogP contribution in [0, 0.1) is 5.82 Å². The van der Waals surface area contributed by atoms with Gasteiger partial charge >= 0.3 is 12.1 Å². The smallest absolute Gasteiger partial charge is 0.369 e. The molecule has 0 saturated heterocycles. The Morgan fingerprint density at radius 1 is 1.14 bits per heavy atom. The number of Topliss-reactive ketones (excluding diaryl/α,β-unsaturated/α-hetero) is 1. The molecule has 28 heavy (non-hydrogen) atoms. The van der Waals surface area contributed by atoms with Gasteiger partial charge in [-0.3, -0.25) is 4.79 Å². The molecule has 2 aromatic carbocycles. The lowest BCUT2D eigenvalue weighted by molar-refractivity contribution is -0.159. The maximum Gasteiger partial charge on any atom is 0.471 e. The number of alkyl halides is 3. The minimum atomic E-state index is -4.80. The summed E-state index contributed by atoms with van der Waals surface area (Å²) in [6.45, 7) is -0.245. The third-order valence-electron chi connectivity index (χ3n) is 3.61. The molecule has 0 aliphatic heterocycles. The second-order valence-corrected chi connectivity index (χ2v) is 6.09. The van der Waals surface area contributed by atoms with Gasteiger partial charge < -0.3 is 9.26 Å². The summed E-state index contributed by atoms with van der Waals surface area (Å²) in [4.78, 5) is 15.3. The van der Waals surface area contributed by atoms with Crippen LogP contribution >= 0.6 is 11.6 Å². The number of halogens is 5. The Labute approximate surface area is 160 Å². The topological polar surface area (TPSA) is 65.2 Å². The van der Waals surface area contributed by atoms with Crippen molar-refractivity contribution in [2.45, 2.75) is 12.8 Å². The first-order valence-corrected chi connectivity index (χ1v) is 8.18. The summed E-state index contributed by atoms with van der Waals surface area (Å²) in [6.07, 6.45) is -4.80. The fourth-order valence-electron chi connectivity index (χ4n) is 2.26. The van der Waals surface area contributed by atoms with Crippen molar-refractivity contribution in [3.8, 4) is 11.4 Å². The first kappa shape index (κ1) is 20.0. The van der Waals surface area contributed by atoms with Crippen molar-refractivity contribution in [1.82, 2.24) is 10.1 Å². The molecular formula is C18H11ClF4N2O3. The van der Waals surface area contributed by atoms with Gasteiger partial charge in [-0.25, -0.2) is 4.39 Å². The Hall–Kier alpha value is -2.78. The Balaban J connectivity index is 1.65. The number of hydrogen-bond acceptors (Lipinski definition) is 5. The minimum Gasteiger partial charge on any atom is -0.369 e. The lowest BCUT2D eigenvalue weighted by Crippen LogP contribution is -2.11. The highest BCUT2D eigenvalue weighted by molar-refractivity contribution is 6.30. The molecule has 146 valence electrons. The van der Waals surface area contributed by atoms with Gasteiger partial charge in [0.05, 0.1) is 12.2 Å². The third kappa shape index (κ3) is 4.73. The van der Waals surface area contributed by atoms with Gasteiger partial charge in [-0.05, 0) is 29.8 Å². The zero-order chi connectivity index (χ0) is 20.3. The highest BCUT2D eigenvalue weighted by atomic mass is 35.5. The van der Waals surface area contributed by atoms with Crippen molar-refractivity contribution < 1.29 is 31.6 Å². The molecule has 0 bridgehead atoms. The normalized spacial score (nSPS) is 11.6. The maximum atomic E-state index is 14.2. The summed E-state index contributed by atoms with van der Waals surface area (Å²) in [5.41, 5.74) is 0.459. The number of benzene rings is 2. The van der Waals surface area contributed by atoms with Gasteiger partial charge in [-0.15, -0.1) is 0 Å². The van der Waals surface area contributed by atoms with Crippen LogP contribution in [0.25, 0.3) is 11.4 Å². The van der Waals surface area contributed by atoms with Crippen LogP contribution in [0.5, 0.6) is 0 Å². The van der Waals surface area contributed by atoms with E-state index in [1.807, 2.05) is 0 Å². The molecule has 0 aliphatic carbocycles. The molecule has 3 rings (SSSR count). The summed E-state index contributed by atoms with van der Waals surface area (Å²) < 4.78 is 61.1. The van der Waals surface area contributed by atoms with E-state index in [1.165, 1.54) is 6.07 Å². The predicted octanol–water partition coefficient (Wildman–Crippen LogP) is 4.95. The lowest BCUT2D eigenvalue weighted by Gasteiger charge is -2.06. The Bertz CT molecular complexity index is 987. The average molecular weight is 415 g/mol. The van der Waals surface area contributed by atoms with Gasteiger partial charge in [-0.1, -0.05) is 35.0 Å². The number of carbonyl (C=O) groups excluding carboxylic acids is 1. The largest absolute Gasteiger partial charge is 0.471 e. The summed E-state index contributed by atoms with van der Waals surface area (Å²) in [6, 6.07) is 10.00. The lowest BCUT2D eigenvalue weighted by atomic mass is 10.1. The van der Waals surface area contributed by atoms with Crippen LogP contribution < -0.4 is 0 Å². The monoisotopic (exact) mass is 414 g/mol. The SMILES string of the molecule is O=C(COCc1ccc(Cl)cc1)c1ccc(-c2noc(C(F)(F)F)n2)cc1F. The molecule has 0 spiro atoms. The van der Waals surface area contributed by atoms with Crippen molar-refractivity contribution in [2.75, 3.05) is 6.61 Å². The number of rotatable bonds is 6. The van der Waals surface area contributed by atoms with Crippen LogP contribution in [-0.2, 0) is 17.5 Å². The molecule has 0 unspecified atom stereocenters. The second-order valence-electron chi connectivity index (χ2n) is 5.66. The third-order valence-corrected chi connectivity index (χ3v) is 3.86. The van der Waals surface area contributed by atoms with Gasteiger partial charge in [-0.2, -0.15) is 18.2 Å². The standard InChI is InChI=1S/C18H11ClF4N2O3/c19-12-4-1-10(2-5-12)8-27-9-15(26)13-6-3-11(7-14(13)20)16-24-17(28-25-16)18(21,22)23/h1-7H,8-9H2. The Morgan fingerprint density at radius 2 is 1.86 bits per heavy atom. The van der Waals surface area contributed by atoms with E-state index in [1.54, 1.807) is 24.3 Å². The average Bonchev–Trinajstić information content (AvgIpc) is 3.14. The van der Waals surface area contributed by atoms with E-state index in [0.717, 1.165) is 17.7 Å². The second kappa shape index (κ2) is 8.07. The first-order valence-electron chi connectivity index (χ1n) is 7.80. The minimum absolute atomic E-state index is 0.0598. The summed E-state index contributed by atoms with van der Waals surface area (Å²) in [7, 11) is 0. The van der Waals surface area contributed by atoms with Crippen LogP contribution in [0.15, 0.2) is 47.0 Å². The van der Waals surface area contributed by atoms with Crippen LogP contribution in [0.3, 0.4) is 0 Å². The summed E-state index contributed by atoms with van der Waals surface area (Å²) >= 11 is 5.77. The van der Waals surface area contributed by atoms with Gasteiger partial charge in [0.25, 0.3) is 0 Å². The zero-order valence-corrected chi connectivity index (χ0v) is 14.7.